The van der Waals surface area contributed by atoms with Gasteiger partial charge < -0.3 is 19.8 Å². The maximum Gasteiger partial charge on any atom is 0.161 e. The number of amidine groups is 1. The third kappa shape index (κ3) is 3.75. The molecule has 6 heteroatoms. The number of nitrogens with zero attached hydrogens (tertiary/aromatic N) is 2. The Bertz CT molecular complexity index is 622. The molecule has 6 nitrogen and oxygen atoms in total. The predicted molar refractivity (Wildman–Crippen MR) is 81.0 cm³/mol. The largest absolute Gasteiger partial charge is 0.490 e. The topological polar surface area (TPSA) is 86.2 Å². The SMILES string of the molecule is CCOc1cc(C(=N)N)ccc1OCCc1nccn1C. The van der Waals surface area contributed by atoms with Gasteiger partial charge in [-0.05, 0) is 25.1 Å². The summed E-state index contributed by atoms with van der Waals surface area (Å²) in [5.74, 6) is 2.23. The molecule has 0 atom stereocenters. The van der Waals surface area contributed by atoms with Crippen LogP contribution >= 0.6 is 0 Å². The minimum Gasteiger partial charge on any atom is -0.490 e. The smallest absolute Gasteiger partial charge is 0.161 e. The fraction of sp³-hybridized carbons (Fsp3) is 0.333. The van der Waals surface area contributed by atoms with Crippen molar-refractivity contribution in [1.29, 1.82) is 5.41 Å². The fourth-order valence-electron chi connectivity index (χ4n) is 1.95. The third-order valence-corrected chi connectivity index (χ3v) is 3.06. The molecule has 2 aromatic rings. The number of nitrogens with one attached hydrogen (secondary N) is 1. The highest BCUT2D eigenvalue weighted by molar-refractivity contribution is 5.95. The van der Waals surface area contributed by atoms with E-state index in [2.05, 4.69) is 4.98 Å². The van der Waals surface area contributed by atoms with E-state index in [9.17, 15) is 0 Å². The van der Waals surface area contributed by atoms with Gasteiger partial charge in [0, 0.05) is 31.4 Å². The van der Waals surface area contributed by atoms with Gasteiger partial charge in [-0.1, -0.05) is 0 Å². The lowest BCUT2D eigenvalue weighted by Crippen LogP contribution is -2.12. The van der Waals surface area contributed by atoms with E-state index in [1.54, 1.807) is 24.4 Å². The molecule has 3 N–H and O–H groups in total. The summed E-state index contributed by atoms with van der Waals surface area (Å²) in [5.41, 5.74) is 6.11. The molecule has 0 aliphatic rings. The first-order chi connectivity index (χ1) is 10.1. The zero-order chi connectivity index (χ0) is 15.2. The molecule has 0 saturated carbocycles. The van der Waals surface area contributed by atoms with Crippen molar-refractivity contribution in [2.45, 2.75) is 13.3 Å². The molecular weight excluding hydrogens is 268 g/mol. The quantitative estimate of drug-likeness (QED) is 0.600. The van der Waals surface area contributed by atoms with E-state index in [1.165, 1.54) is 0 Å². The molecule has 2 rings (SSSR count). The Labute approximate surface area is 124 Å². The molecular formula is C15H20N4O2. The lowest BCUT2D eigenvalue weighted by molar-refractivity contribution is 0.277. The highest BCUT2D eigenvalue weighted by Gasteiger charge is 2.08. The number of hydrogen-bond donors (Lipinski definition) is 2. The summed E-state index contributed by atoms with van der Waals surface area (Å²) in [6.07, 6.45) is 4.38. The summed E-state index contributed by atoms with van der Waals surface area (Å²) in [5, 5.41) is 7.46. The Balaban J connectivity index is 2.04. The lowest BCUT2D eigenvalue weighted by atomic mass is 10.2. The number of nitrogens with two attached hydrogens (primary N) is 1. The second-order valence-corrected chi connectivity index (χ2v) is 4.56. The minimum atomic E-state index is 0.00973. The molecule has 1 aromatic heterocycles. The van der Waals surface area contributed by atoms with Gasteiger partial charge in [-0.2, -0.15) is 0 Å². The predicted octanol–water partition coefficient (Wildman–Crippen LogP) is 1.72. The van der Waals surface area contributed by atoms with Crippen LogP contribution in [-0.4, -0.2) is 28.6 Å². The van der Waals surface area contributed by atoms with Crippen LogP contribution in [0.1, 0.15) is 18.3 Å². The van der Waals surface area contributed by atoms with Gasteiger partial charge in [-0.25, -0.2) is 4.98 Å². The summed E-state index contributed by atoms with van der Waals surface area (Å²) in [7, 11) is 1.95. The second-order valence-electron chi connectivity index (χ2n) is 4.56. The van der Waals surface area contributed by atoms with Gasteiger partial charge in [0.15, 0.2) is 11.5 Å². The molecule has 0 fully saturated rings. The van der Waals surface area contributed by atoms with Crippen LogP contribution in [0, 0.1) is 5.41 Å². The normalized spacial score (nSPS) is 10.4. The van der Waals surface area contributed by atoms with Gasteiger partial charge >= 0.3 is 0 Å². The van der Waals surface area contributed by atoms with E-state index in [0.29, 0.717) is 36.7 Å². The fourth-order valence-corrected chi connectivity index (χ4v) is 1.95. The van der Waals surface area contributed by atoms with Crippen LogP contribution in [0.15, 0.2) is 30.6 Å². The van der Waals surface area contributed by atoms with Crippen LogP contribution in [0.25, 0.3) is 0 Å². The van der Waals surface area contributed by atoms with Gasteiger partial charge in [-0.15, -0.1) is 0 Å². The van der Waals surface area contributed by atoms with E-state index in [4.69, 9.17) is 20.6 Å². The van der Waals surface area contributed by atoms with Crippen LogP contribution in [0.3, 0.4) is 0 Å². The molecule has 0 spiro atoms. The third-order valence-electron chi connectivity index (χ3n) is 3.06. The lowest BCUT2D eigenvalue weighted by Gasteiger charge is -2.13. The van der Waals surface area contributed by atoms with Crippen molar-refractivity contribution in [3.8, 4) is 11.5 Å². The van der Waals surface area contributed by atoms with E-state index < -0.39 is 0 Å². The first-order valence-electron chi connectivity index (χ1n) is 6.82. The number of hydrogen-bond acceptors (Lipinski definition) is 4. The number of nitrogen functional groups attached to an aromatic ring is 1. The summed E-state index contributed by atoms with van der Waals surface area (Å²) in [6, 6.07) is 5.25. The van der Waals surface area contributed by atoms with Crippen LogP contribution in [-0.2, 0) is 13.5 Å². The molecule has 0 saturated heterocycles. The molecule has 0 radical (unpaired) electrons. The molecule has 0 bridgehead atoms. The van der Waals surface area contributed by atoms with Gasteiger partial charge in [0.1, 0.15) is 11.7 Å². The van der Waals surface area contributed by atoms with Gasteiger partial charge in [-0.3, -0.25) is 5.41 Å². The van der Waals surface area contributed by atoms with E-state index in [-0.39, 0.29) is 5.84 Å². The summed E-state index contributed by atoms with van der Waals surface area (Å²) in [4.78, 5) is 4.25. The van der Waals surface area contributed by atoms with Crippen molar-refractivity contribution < 1.29 is 9.47 Å². The number of rotatable bonds is 7. The number of ether oxygens (including phenoxy) is 2. The summed E-state index contributed by atoms with van der Waals surface area (Å²) < 4.78 is 13.3. The monoisotopic (exact) mass is 288 g/mol. The zero-order valence-electron chi connectivity index (χ0n) is 12.3. The zero-order valence-corrected chi connectivity index (χ0v) is 12.3. The molecule has 0 aliphatic heterocycles. The number of aromatic nitrogens is 2. The van der Waals surface area contributed by atoms with Crippen molar-refractivity contribution in [2.75, 3.05) is 13.2 Å². The minimum absolute atomic E-state index is 0.00973. The molecule has 1 heterocycles. The van der Waals surface area contributed by atoms with Gasteiger partial charge in [0.05, 0.1) is 13.2 Å². The Kier molecular flexibility index (Phi) is 4.81. The van der Waals surface area contributed by atoms with E-state index >= 15 is 0 Å². The first-order valence-corrected chi connectivity index (χ1v) is 6.82. The number of benzene rings is 1. The molecule has 21 heavy (non-hydrogen) atoms. The average Bonchev–Trinajstić information content (AvgIpc) is 2.86. The first kappa shape index (κ1) is 14.9. The molecule has 112 valence electrons. The van der Waals surface area contributed by atoms with Crippen LogP contribution in [0.2, 0.25) is 0 Å². The van der Waals surface area contributed by atoms with Gasteiger partial charge in [0.25, 0.3) is 0 Å². The van der Waals surface area contributed by atoms with Crippen molar-refractivity contribution in [2.24, 2.45) is 12.8 Å². The molecule has 0 unspecified atom stereocenters. The highest BCUT2D eigenvalue weighted by Crippen LogP contribution is 2.28. The van der Waals surface area contributed by atoms with Gasteiger partial charge in [0.2, 0.25) is 0 Å². The average molecular weight is 288 g/mol. The Morgan fingerprint density at radius 1 is 1.33 bits per heavy atom. The summed E-state index contributed by atoms with van der Waals surface area (Å²) in [6.45, 7) is 2.93. The van der Waals surface area contributed by atoms with Crippen molar-refractivity contribution in [1.82, 2.24) is 9.55 Å². The Hall–Kier alpha value is -2.50. The Morgan fingerprint density at radius 2 is 2.14 bits per heavy atom. The van der Waals surface area contributed by atoms with E-state index in [0.717, 1.165) is 5.82 Å². The van der Waals surface area contributed by atoms with Crippen LogP contribution in [0.4, 0.5) is 0 Å². The van der Waals surface area contributed by atoms with Crippen LogP contribution in [0.5, 0.6) is 11.5 Å². The highest BCUT2D eigenvalue weighted by atomic mass is 16.5. The molecule has 0 amide bonds. The maximum atomic E-state index is 7.46. The van der Waals surface area contributed by atoms with E-state index in [1.807, 2.05) is 24.7 Å². The van der Waals surface area contributed by atoms with Crippen molar-refractivity contribution in [3.63, 3.8) is 0 Å². The molecule has 0 aliphatic carbocycles. The van der Waals surface area contributed by atoms with Crippen molar-refractivity contribution >= 4 is 5.84 Å². The summed E-state index contributed by atoms with van der Waals surface area (Å²) >= 11 is 0. The number of imidazole rings is 1. The number of aryl methyl sites for hydroxylation is 1. The Morgan fingerprint density at radius 3 is 2.76 bits per heavy atom. The standard InChI is InChI=1S/C15H20N4O2/c1-3-20-13-10-11(15(16)17)4-5-12(13)21-9-6-14-18-7-8-19(14)2/h4-5,7-8,10H,3,6,9H2,1-2H3,(H3,16,17). The molecule has 1 aromatic carbocycles. The second kappa shape index (κ2) is 6.78. The maximum absolute atomic E-state index is 7.46. The van der Waals surface area contributed by atoms with Crippen LogP contribution < -0.4 is 15.2 Å². The van der Waals surface area contributed by atoms with Crippen molar-refractivity contribution in [3.05, 3.63) is 42.0 Å².